The topological polar surface area (TPSA) is 97.8 Å². The van der Waals surface area contributed by atoms with Crippen molar-refractivity contribution < 1.29 is 39.5 Å². The third-order valence-corrected chi connectivity index (χ3v) is 10.5. The Morgan fingerprint density at radius 3 is 2.14 bits per heavy atom. The number of alkyl halides is 3. The number of hydrogen-bond donors (Lipinski definition) is 0. The molecular weight excluding hydrogens is 519 g/mol. The maximum Gasteiger partial charge on any atom is 0.416 e. The fraction of sp³-hybridized carbons (Fsp3) is 0.458. The second-order valence-corrected chi connectivity index (χ2v) is 13.9. The number of sulfone groups is 2. The first kappa shape index (κ1) is 28.0. The van der Waals surface area contributed by atoms with E-state index in [9.17, 15) is 34.8 Å². The van der Waals surface area contributed by atoms with E-state index in [0.717, 1.165) is 24.5 Å². The number of ether oxygens (including phenoxy) is 1. The fourth-order valence-electron chi connectivity index (χ4n) is 4.42. The minimum Gasteiger partial charge on any atom is -0.495 e. The Morgan fingerprint density at radius 1 is 1.00 bits per heavy atom. The summed E-state index contributed by atoms with van der Waals surface area (Å²) in [7, 11) is -6.45. The second kappa shape index (κ2) is 9.70. The van der Waals surface area contributed by atoms with Crippen LogP contribution in [0.15, 0.2) is 52.3 Å². The number of carbonyl (C=O) groups excluding carboxylic acids is 1. The number of amides is 1. The molecule has 0 atom stereocenters. The summed E-state index contributed by atoms with van der Waals surface area (Å²) in [5.41, 5.74) is -0.877. The minimum absolute atomic E-state index is 0.112. The SMILES string of the molecule is COc1ccc(C(=O)N2CCC(C(C)(C)S(=O)(=O)c3cccc(C(F)(F)F)c3)CC2)cc1S(C)(=O)=O. The number of benzene rings is 2. The molecule has 0 aromatic heterocycles. The normalized spacial score (nSPS) is 16.1. The predicted molar refractivity (Wildman–Crippen MR) is 127 cm³/mol. The summed E-state index contributed by atoms with van der Waals surface area (Å²) in [5, 5.41) is 0. The lowest BCUT2D eigenvalue weighted by Crippen LogP contribution is -2.47. The fourth-order valence-corrected chi connectivity index (χ4v) is 7.10. The molecule has 0 bridgehead atoms. The maximum atomic E-state index is 13.3. The first-order valence-corrected chi connectivity index (χ1v) is 14.5. The molecular formula is C24H28F3NO6S2. The third-order valence-electron chi connectivity index (χ3n) is 6.74. The number of rotatable bonds is 6. The molecule has 0 N–H and O–H groups in total. The zero-order valence-electron chi connectivity index (χ0n) is 20.3. The molecule has 7 nitrogen and oxygen atoms in total. The molecule has 3 rings (SSSR count). The van der Waals surface area contributed by atoms with E-state index in [-0.39, 0.29) is 29.3 Å². The van der Waals surface area contributed by atoms with Crippen LogP contribution in [0.2, 0.25) is 0 Å². The Labute approximate surface area is 209 Å². The first-order chi connectivity index (χ1) is 16.5. The van der Waals surface area contributed by atoms with Gasteiger partial charge in [0.05, 0.1) is 22.3 Å². The highest BCUT2D eigenvalue weighted by molar-refractivity contribution is 7.92. The van der Waals surface area contributed by atoms with E-state index < -0.39 is 52.9 Å². The summed E-state index contributed by atoms with van der Waals surface area (Å²) < 4.78 is 93.9. The molecule has 198 valence electrons. The molecule has 2 aromatic carbocycles. The second-order valence-electron chi connectivity index (χ2n) is 9.34. The van der Waals surface area contributed by atoms with Crippen molar-refractivity contribution in [3.63, 3.8) is 0 Å². The van der Waals surface area contributed by atoms with Gasteiger partial charge in [-0.15, -0.1) is 0 Å². The van der Waals surface area contributed by atoms with Crippen LogP contribution in [0.25, 0.3) is 0 Å². The zero-order valence-corrected chi connectivity index (χ0v) is 21.9. The van der Waals surface area contributed by atoms with Gasteiger partial charge in [0.1, 0.15) is 10.6 Å². The van der Waals surface area contributed by atoms with Gasteiger partial charge in [0, 0.05) is 24.9 Å². The highest BCUT2D eigenvalue weighted by Gasteiger charge is 2.45. The number of likely N-dealkylation sites (tertiary alicyclic amines) is 1. The Hall–Kier alpha value is -2.60. The number of methoxy groups -OCH3 is 1. The van der Waals surface area contributed by atoms with E-state index in [2.05, 4.69) is 0 Å². The first-order valence-electron chi connectivity index (χ1n) is 11.1. The van der Waals surface area contributed by atoms with Gasteiger partial charge in [-0.2, -0.15) is 13.2 Å². The van der Waals surface area contributed by atoms with Crippen molar-refractivity contribution in [2.45, 2.75) is 47.4 Å². The van der Waals surface area contributed by atoms with Gasteiger partial charge in [0.15, 0.2) is 19.7 Å². The summed E-state index contributed by atoms with van der Waals surface area (Å²) in [6.45, 7) is 3.41. The van der Waals surface area contributed by atoms with E-state index in [1.807, 2.05) is 0 Å². The van der Waals surface area contributed by atoms with Crippen LogP contribution in [0.5, 0.6) is 5.75 Å². The standard InChI is InChI=1S/C24H28F3NO6S2/c1-23(2,36(32,33)19-7-5-6-18(15-19)24(25,26)27)17-10-12-28(13-11-17)22(29)16-8-9-20(34-3)21(14-16)35(4,30)31/h5-9,14-15,17H,10-13H2,1-4H3. The van der Waals surface area contributed by atoms with Crippen LogP contribution in [-0.2, 0) is 25.9 Å². The van der Waals surface area contributed by atoms with Gasteiger partial charge < -0.3 is 9.64 Å². The van der Waals surface area contributed by atoms with Crippen molar-refractivity contribution in [2.75, 3.05) is 26.5 Å². The monoisotopic (exact) mass is 547 g/mol. The molecule has 0 spiro atoms. The number of nitrogens with zero attached hydrogens (tertiary/aromatic N) is 1. The highest BCUT2D eigenvalue weighted by atomic mass is 32.2. The van der Waals surface area contributed by atoms with Crippen molar-refractivity contribution in [1.29, 1.82) is 0 Å². The molecule has 0 unspecified atom stereocenters. The molecule has 0 saturated carbocycles. The van der Waals surface area contributed by atoms with Gasteiger partial charge >= 0.3 is 6.18 Å². The summed E-state index contributed by atoms with van der Waals surface area (Å²) in [6.07, 6.45) is -3.03. The number of carbonyl (C=O) groups is 1. The van der Waals surface area contributed by atoms with Crippen molar-refractivity contribution in [2.24, 2.45) is 5.92 Å². The van der Waals surface area contributed by atoms with Crippen LogP contribution >= 0.6 is 0 Å². The molecule has 0 radical (unpaired) electrons. The molecule has 1 saturated heterocycles. The van der Waals surface area contributed by atoms with Crippen LogP contribution in [0, 0.1) is 5.92 Å². The smallest absolute Gasteiger partial charge is 0.416 e. The van der Waals surface area contributed by atoms with Gasteiger partial charge in [-0.3, -0.25) is 4.79 Å². The van der Waals surface area contributed by atoms with Crippen LogP contribution in [0.4, 0.5) is 13.2 Å². The summed E-state index contributed by atoms with van der Waals surface area (Å²) >= 11 is 0. The van der Waals surface area contributed by atoms with Gasteiger partial charge in [0.25, 0.3) is 5.91 Å². The molecule has 1 aliphatic rings. The molecule has 36 heavy (non-hydrogen) atoms. The van der Waals surface area contributed by atoms with Crippen molar-refractivity contribution in [3.8, 4) is 5.75 Å². The Balaban J connectivity index is 1.79. The van der Waals surface area contributed by atoms with Crippen molar-refractivity contribution >= 4 is 25.6 Å². The average Bonchev–Trinajstić information content (AvgIpc) is 2.82. The third kappa shape index (κ3) is 5.39. The van der Waals surface area contributed by atoms with Crippen LogP contribution in [-0.4, -0.2) is 58.8 Å². The molecule has 2 aromatic rings. The lowest BCUT2D eigenvalue weighted by molar-refractivity contribution is -0.137. The average molecular weight is 548 g/mol. The lowest BCUT2D eigenvalue weighted by atomic mass is 9.85. The van der Waals surface area contributed by atoms with Crippen LogP contribution in [0.1, 0.15) is 42.6 Å². The van der Waals surface area contributed by atoms with Crippen LogP contribution in [0.3, 0.4) is 0 Å². The van der Waals surface area contributed by atoms with Gasteiger partial charge in [-0.05, 0) is 69.0 Å². The summed E-state index contributed by atoms with van der Waals surface area (Å²) in [4.78, 5) is 14.1. The molecule has 12 heteroatoms. The lowest BCUT2D eigenvalue weighted by Gasteiger charge is -2.40. The van der Waals surface area contributed by atoms with E-state index in [4.69, 9.17) is 4.74 Å². The molecule has 1 amide bonds. The molecule has 1 heterocycles. The van der Waals surface area contributed by atoms with Crippen molar-refractivity contribution in [3.05, 3.63) is 53.6 Å². The molecule has 1 aliphatic heterocycles. The van der Waals surface area contributed by atoms with Gasteiger partial charge in [-0.25, -0.2) is 16.8 Å². The Morgan fingerprint density at radius 2 is 1.61 bits per heavy atom. The van der Waals surface area contributed by atoms with Crippen molar-refractivity contribution in [1.82, 2.24) is 4.90 Å². The molecule has 0 aliphatic carbocycles. The van der Waals surface area contributed by atoms with E-state index in [1.54, 1.807) is 0 Å². The number of piperidine rings is 1. The van der Waals surface area contributed by atoms with Gasteiger partial charge in [-0.1, -0.05) is 6.07 Å². The minimum atomic E-state index is -4.67. The zero-order chi connectivity index (χ0) is 27.1. The summed E-state index contributed by atoms with van der Waals surface area (Å²) in [5.74, 6) is -0.697. The summed E-state index contributed by atoms with van der Waals surface area (Å²) in [6, 6.07) is 7.83. The molecule has 1 fully saturated rings. The van der Waals surface area contributed by atoms with E-state index >= 15 is 0 Å². The maximum absolute atomic E-state index is 13.3. The van der Waals surface area contributed by atoms with E-state index in [0.29, 0.717) is 18.9 Å². The Kier molecular flexibility index (Phi) is 7.54. The number of halogens is 3. The van der Waals surface area contributed by atoms with Gasteiger partial charge in [0.2, 0.25) is 0 Å². The highest BCUT2D eigenvalue weighted by Crippen LogP contribution is 2.40. The largest absolute Gasteiger partial charge is 0.495 e. The number of hydrogen-bond acceptors (Lipinski definition) is 6. The van der Waals surface area contributed by atoms with Crippen LogP contribution < -0.4 is 4.74 Å². The quantitative estimate of drug-likeness (QED) is 0.537. The Bertz CT molecular complexity index is 1360. The predicted octanol–water partition coefficient (Wildman–Crippen LogP) is 4.22. The van der Waals surface area contributed by atoms with E-state index in [1.165, 1.54) is 44.1 Å².